The van der Waals surface area contributed by atoms with Gasteiger partial charge < -0.3 is 9.47 Å². The number of hydrogen-bond acceptors (Lipinski definition) is 5. The summed E-state index contributed by atoms with van der Waals surface area (Å²) in [5, 5.41) is 8.85. The predicted molar refractivity (Wildman–Crippen MR) is 79.4 cm³/mol. The Balaban J connectivity index is 1.89. The van der Waals surface area contributed by atoms with E-state index >= 15 is 0 Å². The molecule has 1 aliphatic heterocycles. The van der Waals surface area contributed by atoms with Gasteiger partial charge in [-0.1, -0.05) is 6.07 Å². The van der Waals surface area contributed by atoms with Crippen LogP contribution in [-0.4, -0.2) is 21.6 Å². The van der Waals surface area contributed by atoms with Crippen LogP contribution in [0.3, 0.4) is 0 Å². The molecule has 0 fully saturated rings. The van der Waals surface area contributed by atoms with Gasteiger partial charge in [-0.15, -0.1) is 0 Å². The fraction of sp³-hybridized carbons (Fsp3) is 0.133. The van der Waals surface area contributed by atoms with E-state index in [4.69, 9.17) is 14.7 Å². The van der Waals surface area contributed by atoms with E-state index in [9.17, 15) is 8.42 Å². The number of nitrogens with zero attached hydrogens (tertiary/aromatic N) is 1. The number of fused-ring (bicyclic) bond motifs is 1. The third kappa shape index (κ3) is 2.82. The van der Waals surface area contributed by atoms with E-state index in [1.807, 2.05) is 6.07 Å². The first-order valence-corrected chi connectivity index (χ1v) is 7.99. The molecule has 1 N–H and O–H groups in total. The summed E-state index contributed by atoms with van der Waals surface area (Å²) >= 11 is 0. The third-order valence-electron chi connectivity index (χ3n) is 3.07. The fourth-order valence-electron chi connectivity index (χ4n) is 2.05. The number of nitrogens with one attached hydrogen (secondary N) is 1. The van der Waals surface area contributed by atoms with Crippen molar-refractivity contribution in [3.8, 4) is 17.6 Å². The van der Waals surface area contributed by atoms with Gasteiger partial charge >= 0.3 is 0 Å². The first-order chi connectivity index (χ1) is 10.6. The Morgan fingerprint density at radius 1 is 1.05 bits per heavy atom. The molecule has 1 aliphatic rings. The second kappa shape index (κ2) is 5.58. The van der Waals surface area contributed by atoms with Crippen molar-refractivity contribution in [2.24, 2.45) is 0 Å². The minimum absolute atomic E-state index is 0.0291. The van der Waals surface area contributed by atoms with Crippen molar-refractivity contribution < 1.29 is 17.9 Å². The largest absolute Gasteiger partial charge is 0.486 e. The Morgan fingerprint density at radius 2 is 1.82 bits per heavy atom. The highest BCUT2D eigenvalue weighted by atomic mass is 32.2. The molecule has 0 amide bonds. The van der Waals surface area contributed by atoms with Gasteiger partial charge in [-0.25, -0.2) is 8.42 Å². The number of benzene rings is 2. The lowest BCUT2D eigenvalue weighted by Crippen LogP contribution is -2.16. The standard InChI is InChI=1S/C15H12N2O4S/c16-10-11-2-1-3-13(8-11)22(18,19)17-12-4-5-14-15(9-12)21-7-6-20-14/h1-5,8-9,17H,6-7H2. The van der Waals surface area contributed by atoms with Gasteiger partial charge in [-0.2, -0.15) is 5.26 Å². The summed E-state index contributed by atoms with van der Waals surface area (Å²) in [5.74, 6) is 1.08. The average Bonchev–Trinajstić information content (AvgIpc) is 2.54. The summed E-state index contributed by atoms with van der Waals surface area (Å²) in [4.78, 5) is 0.0291. The highest BCUT2D eigenvalue weighted by molar-refractivity contribution is 7.92. The molecule has 0 unspecified atom stereocenters. The number of rotatable bonds is 3. The van der Waals surface area contributed by atoms with Gasteiger partial charge in [0.2, 0.25) is 0 Å². The molecular formula is C15H12N2O4S. The Labute approximate surface area is 128 Å². The van der Waals surface area contributed by atoms with Gasteiger partial charge in [0.25, 0.3) is 10.0 Å². The molecule has 22 heavy (non-hydrogen) atoms. The zero-order chi connectivity index (χ0) is 15.6. The highest BCUT2D eigenvalue weighted by Crippen LogP contribution is 2.33. The minimum Gasteiger partial charge on any atom is -0.486 e. The Kier molecular flexibility index (Phi) is 3.61. The van der Waals surface area contributed by atoms with Crippen molar-refractivity contribution in [2.45, 2.75) is 4.90 Å². The number of sulfonamides is 1. The van der Waals surface area contributed by atoms with Crippen LogP contribution in [-0.2, 0) is 10.0 Å². The van der Waals surface area contributed by atoms with Crippen molar-refractivity contribution in [3.05, 3.63) is 48.0 Å². The summed E-state index contributed by atoms with van der Waals surface area (Å²) in [5.41, 5.74) is 0.650. The van der Waals surface area contributed by atoms with Crippen molar-refractivity contribution in [3.63, 3.8) is 0 Å². The summed E-state index contributed by atoms with van der Waals surface area (Å²) in [6, 6.07) is 12.6. The summed E-state index contributed by atoms with van der Waals surface area (Å²) in [6.07, 6.45) is 0. The molecule has 0 atom stereocenters. The van der Waals surface area contributed by atoms with E-state index in [1.165, 1.54) is 18.2 Å². The zero-order valence-electron chi connectivity index (χ0n) is 11.4. The number of anilines is 1. The van der Waals surface area contributed by atoms with Gasteiger partial charge in [-0.05, 0) is 30.3 Å². The molecule has 6 nitrogen and oxygen atoms in total. The van der Waals surface area contributed by atoms with Gasteiger partial charge in [0.15, 0.2) is 11.5 Å². The second-order valence-corrected chi connectivity index (χ2v) is 6.29. The normalized spacial score (nSPS) is 13.2. The Hall–Kier alpha value is -2.72. The van der Waals surface area contributed by atoms with Crippen molar-refractivity contribution in [1.82, 2.24) is 0 Å². The van der Waals surface area contributed by atoms with E-state index in [1.54, 1.807) is 24.3 Å². The van der Waals surface area contributed by atoms with E-state index in [-0.39, 0.29) is 10.5 Å². The van der Waals surface area contributed by atoms with Crippen LogP contribution in [0, 0.1) is 11.3 Å². The van der Waals surface area contributed by atoms with Gasteiger partial charge in [0, 0.05) is 6.07 Å². The van der Waals surface area contributed by atoms with Crippen LogP contribution in [0.25, 0.3) is 0 Å². The van der Waals surface area contributed by atoms with Gasteiger partial charge in [-0.3, -0.25) is 4.72 Å². The summed E-state index contributed by atoms with van der Waals surface area (Å²) in [6.45, 7) is 0.895. The molecule has 0 radical (unpaired) electrons. The summed E-state index contributed by atoms with van der Waals surface area (Å²) < 4.78 is 38.0. The second-order valence-electron chi connectivity index (χ2n) is 4.60. The van der Waals surface area contributed by atoms with Gasteiger partial charge in [0.1, 0.15) is 13.2 Å². The zero-order valence-corrected chi connectivity index (χ0v) is 12.3. The molecule has 0 aliphatic carbocycles. The molecule has 3 rings (SSSR count). The SMILES string of the molecule is N#Cc1cccc(S(=O)(=O)Nc2ccc3c(c2)OCCO3)c1. The van der Waals surface area contributed by atoms with E-state index in [0.717, 1.165) is 0 Å². The minimum atomic E-state index is -3.77. The van der Waals surface area contributed by atoms with E-state index in [0.29, 0.717) is 30.4 Å². The molecule has 2 aromatic rings. The van der Waals surface area contributed by atoms with E-state index < -0.39 is 10.0 Å². The molecule has 7 heteroatoms. The maximum absolute atomic E-state index is 12.3. The van der Waals surface area contributed by atoms with Crippen LogP contribution < -0.4 is 14.2 Å². The molecular weight excluding hydrogens is 304 g/mol. The van der Waals surface area contributed by atoms with Crippen molar-refractivity contribution in [2.75, 3.05) is 17.9 Å². The fourth-order valence-corrected chi connectivity index (χ4v) is 3.15. The number of nitriles is 1. The molecule has 0 aromatic heterocycles. The lowest BCUT2D eigenvalue weighted by atomic mass is 10.2. The van der Waals surface area contributed by atoms with Crippen LogP contribution in [0.5, 0.6) is 11.5 Å². The first-order valence-electron chi connectivity index (χ1n) is 6.51. The summed E-state index contributed by atoms with van der Waals surface area (Å²) in [7, 11) is -3.77. The molecule has 0 bridgehead atoms. The molecule has 0 saturated heterocycles. The monoisotopic (exact) mass is 316 g/mol. The number of ether oxygens (including phenoxy) is 2. The maximum atomic E-state index is 12.3. The lowest BCUT2D eigenvalue weighted by molar-refractivity contribution is 0.171. The molecule has 0 spiro atoms. The molecule has 112 valence electrons. The van der Waals surface area contributed by atoms with Crippen molar-refractivity contribution in [1.29, 1.82) is 5.26 Å². The topological polar surface area (TPSA) is 88.4 Å². The smallest absolute Gasteiger partial charge is 0.261 e. The highest BCUT2D eigenvalue weighted by Gasteiger charge is 2.17. The first kappa shape index (κ1) is 14.2. The van der Waals surface area contributed by atoms with Crippen LogP contribution in [0.1, 0.15) is 5.56 Å². The number of hydrogen-bond donors (Lipinski definition) is 1. The van der Waals surface area contributed by atoms with Crippen LogP contribution in [0.2, 0.25) is 0 Å². The van der Waals surface area contributed by atoms with E-state index in [2.05, 4.69) is 4.72 Å². The molecule has 2 aromatic carbocycles. The van der Waals surface area contributed by atoms with Crippen LogP contribution >= 0.6 is 0 Å². The van der Waals surface area contributed by atoms with Crippen LogP contribution in [0.4, 0.5) is 5.69 Å². The Bertz CT molecular complexity index is 856. The van der Waals surface area contributed by atoms with Crippen molar-refractivity contribution >= 4 is 15.7 Å². The molecule has 0 saturated carbocycles. The average molecular weight is 316 g/mol. The Morgan fingerprint density at radius 3 is 2.59 bits per heavy atom. The predicted octanol–water partition coefficient (Wildman–Crippen LogP) is 2.13. The lowest BCUT2D eigenvalue weighted by Gasteiger charge is -2.19. The molecule has 1 heterocycles. The van der Waals surface area contributed by atoms with Gasteiger partial charge in [0.05, 0.1) is 22.2 Å². The third-order valence-corrected chi connectivity index (χ3v) is 4.45. The maximum Gasteiger partial charge on any atom is 0.261 e. The van der Waals surface area contributed by atoms with Crippen LogP contribution in [0.15, 0.2) is 47.4 Å². The quantitative estimate of drug-likeness (QED) is 0.937.